The highest BCUT2D eigenvalue weighted by Gasteiger charge is 2.25. The molecule has 1 heterocycles. The van der Waals surface area contributed by atoms with Gasteiger partial charge in [-0.3, -0.25) is 4.79 Å². The molecule has 1 aromatic rings. The summed E-state index contributed by atoms with van der Waals surface area (Å²) in [4.78, 5) is 17.1. The van der Waals surface area contributed by atoms with Gasteiger partial charge in [-0.05, 0) is 43.5 Å². The molecule has 8 heteroatoms. The molecule has 1 N–H and O–H groups in total. The zero-order chi connectivity index (χ0) is 19.2. The minimum Gasteiger partial charge on any atom is -0.386 e. The summed E-state index contributed by atoms with van der Waals surface area (Å²) in [6.07, 6.45) is 1.67. The normalized spacial score (nSPS) is 15.6. The van der Waals surface area contributed by atoms with Gasteiger partial charge < -0.3 is 10.2 Å². The van der Waals surface area contributed by atoms with Gasteiger partial charge in [-0.25, -0.2) is 12.7 Å². The fourth-order valence-corrected chi connectivity index (χ4v) is 4.21. The first kappa shape index (κ1) is 20.4. The van der Waals surface area contributed by atoms with E-state index in [0.717, 1.165) is 22.5 Å². The SMILES string of the molecule is CCCS(=O)(=O)N1CCC(=NOCC(=O)Nc2ccc(C)c(C)c2)CC1. The third-order valence-electron chi connectivity index (χ3n) is 4.33. The Balaban J connectivity index is 1.77. The first-order valence-corrected chi connectivity index (χ1v) is 10.5. The van der Waals surface area contributed by atoms with Crippen LogP contribution >= 0.6 is 0 Å². The fraction of sp³-hybridized carbons (Fsp3) is 0.556. The van der Waals surface area contributed by atoms with Gasteiger partial charge >= 0.3 is 0 Å². The smallest absolute Gasteiger partial charge is 0.265 e. The van der Waals surface area contributed by atoms with Crippen LogP contribution in [0.5, 0.6) is 0 Å². The van der Waals surface area contributed by atoms with Crippen molar-refractivity contribution in [1.82, 2.24) is 4.31 Å². The summed E-state index contributed by atoms with van der Waals surface area (Å²) in [6.45, 7) is 6.51. The number of hydrogen-bond donors (Lipinski definition) is 1. The maximum Gasteiger partial charge on any atom is 0.265 e. The van der Waals surface area contributed by atoms with Gasteiger partial charge in [-0.1, -0.05) is 18.1 Å². The number of rotatable bonds is 7. The number of piperidine rings is 1. The van der Waals surface area contributed by atoms with E-state index >= 15 is 0 Å². The van der Waals surface area contributed by atoms with Crippen LogP contribution in [0.3, 0.4) is 0 Å². The molecule has 1 amide bonds. The molecule has 0 atom stereocenters. The number of oxime groups is 1. The molecule has 144 valence electrons. The predicted octanol–water partition coefficient (Wildman–Crippen LogP) is 2.45. The Morgan fingerprint density at radius 3 is 2.54 bits per heavy atom. The molecule has 0 spiro atoms. The van der Waals surface area contributed by atoms with Crippen molar-refractivity contribution in [2.24, 2.45) is 5.16 Å². The number of carbonyl (C=O) groups excluding carboxylic acids is 1. The molecule has 1 aliphatic heterocycles. The average molecular weight is 381 g/mol. The minimum atomic E-state index is -3.16. The van der Waals surface area contributed by atoms with Crippen LogP contribution in [0.2, 0.25) is 0 Å². The molecule has 0 unspecified atom stereocenters. The highest BCUT2D eigenvalue weighted by atomic mass is 32.2. The Labute approximate surface area is 155 Å². The van der Waals surface area contributed by atoms with Crippen LogP contribution in [0, 0.1) is 13.8 Å². The zero-order valence-electron chi connectivity index (χ0n) is 15.6. The summed E-state index contributed by atoms with van der Waals surface area (Å²) in [5.74, 6) is -0.102. The fourth-order valence-electron chi connectivity index (χ4n) is 2.70. The third kappa shape index (κ3) is 5.81. The summed E-state index contributed by atoms with van der Waals surface area (Å²) >= 11 is 0. The summed E-state index contributed by atoms with van der Waals surface area (Å²) in [6, 6.07) is 5.70. The van der Waals surface area contributed by atoms with E-state index in [9.17, 15) is 13.2 Å². The van der Waals surface area contributed by atoms with Crippen molar-refractivity contribution in [1.29, 1.82) is 0 Å². The third-order valence-corrected chi connectivity index (χ3v) is 6.41. The van der Waals surface area contributed by atoms with Crippen LogP contribution in [0.15, 0.2) is 23.4 Å². The molecule has 0 radical (unpaired) electrons. The molecule has 0 aromatic heterocycles. The largest absolute Gasteiger partial charge is 0.386 e. The Hall–Kier alpha value is -1.93. The summed E-state index contributed by atoms with van der Waals surface area (Å²) in [5, 5.41) is 6.76. The van der Waals surface area contributed by atoms with Crippen molar-refractivity contribution >= 4 is 27.3 Å². The lowest BCUT2D eigenvalue weighted by Gasteiger charge is -2.26. The van der Waals surface area contributed by atoms with Crippen molar-refractivity contribution in [2.75, 3.05) is 30.8 Å². The number of nitrogens with one attached hydrogen (secondary N) is 1. The quantitative estimate of drug-likeness (QED) is 0.735. The molecule has 1 aromatic carbocycles. The highest BCUT2D eigenvalue weighted by molar-refractivity contribution is 7.89. The first-order valence-electron chi connectivity index (χ1n) is 8.84. The second-order valence-electron chi connectivity index (χ2n) is 6.49. The average Bonchev–Trinajstić information content (AvgIpc) is 2.58. The lowest BCUT2D eigenvalue weighted by atomic mass is 10.1. The Bertz CT molecular complexity index is 765. The van der Waals surface area contributed by atoms with E-state index in [1.807, 2.05) is 39.0 Å². The van der Waals surface area contributed by atoms with E-state index in [1.165, 1.54) is 4.31 Å². The van der Waals surface area contributed by atoms with Crippen molar-refractivity contribution in [3.8, 4) is 0 Å². The van der Waals surface area contributed by atoms with Crippen LogP contribution in [-0.4, -0.2) is 49.8 Å². The molecule has 2 rings (SSSR count). The summed E-state index contributed by atoms with van der Waals surface area (Å²) in [7, 11) is -3.16. The second-order valence-corrected chi connectivity index (χ2v) is 8.58. The van der Waals surface area contributed by atoms with Crippen molar-refractivity contribution in [3.63, 3.8) is 0 Å². The molecule has 0 saturated carbocycles. The van der Waals surface area contributed by atoms with Gasteiger partial charge in [-0.15, -0.1) is 0 Å². The number of anilines is 1. The maximum atomic E-state index is 12.0. The van der Waals surface area contributed by atoms with Crippen LogP contribution in [0.1, 0.15) is 37.3 Å². The van der Waals surface area contributed by atoms with E-state index in [1.54, 1.807) is 0 Å². The number of carbonyl (C=O) groups is 1. The number of benzene rings is 1. The monoisotopic (exact) mass is 381 g/mol. The molecular weight excluding hydrogens is 354 g/mol. The van der Waals surface area contributed by atoms with E-state index in [2.05, 4.69) is 10.5 Å². The molecule has 26 heavy (non-hydrogen) atoms. The van der Waals surface area contributed by atoms with Gasteiger partial charge in [0.05, 0.1) is 11.5 Å². The number of sulfonamides is 1. The van der Waals surface area contributed by atoms with E-state index in [4.69, 9.17) is 4.84 Å². The lowest BCUT2D eigenvalue weighted by molar-refractivity contribution is -0.120. The van der Waals surface area contributed by atoms with Crippen LogP contribution in [0.25, 0.3) is 0 Å². The van der Waals surface area contributed by atoms with E-state index in [-0.39, 0.29) is 18.3 Å². The minimum absolute atomic E-state index is 0.172. The standard InChI is InChI=1S/C18H27N3O4S/c1-4-11-26(23,24)21-9-7-16(8-10-21)20-25-13-18(22)19-17-6-5-14(2)15(3)12-17/h5-6,12H,4,7-11,13H2,1-3H3,(H,19,22). The van der Waals surface area contributed by atoms with Crippen LogP contribution in [0.4, 0.5) is 5.69 Å². The van der Waals surface area contributed by atoms with Crippen molar-refractivity contribution < 1.29 is 18.0 Å². The van der Waals surface area contributed by atoms with Gasteiger partial charge in [0, 0.05) is 31.6 Å². The van der Waals surface area contributed by atoms with Crippen molar-refractivity contribution in [2.45, 2.75) is 40.0 Å². The van der Waals surface area contributed by atoms with Gasteiger partial charge in [-0.2, -0.15) is 0 Å². The number of amides is 1. The predicted molar refractivity (Wildman–Crippen MR) is 103 cm³/mol. The number of nitrogens with zero attached hydrogens (tertiary/aromatic N) is 2. The zero-order valence-corrected chi connectivity index (χ0v) is 16.4. The molecule has 1 aliphatic rings. The Kier molecular flexibility index (Phi) is 7.16. The molecular formula is C18H27N3O4S. The van der Waals surface area contributed by atoms with Crippen LogP contribution < -0.4 is 5.32 Å². The molecule has 7 nitrogen and oxygen atoms in total. The maximum absolute atomic E-state index is 12.0. The number of aryl methyl sites for hydroxylation is 2. The Morgan fingerprint density at radius 1 is 1.23 bits per heavy atom. The van der Waals surface area contributed by atoms with E-state index < -0.39 is 10.0 Å². The lowest BCUT2D eigenvalue weighted by Crippen LogP contribution is -2.39. The summed E-state index contributed by atoms with van der Waals surface area (Å²) in [5.41, 5.74) is 3.78. The molecule has 1 saturated heterocycles. The van der Waals surface area contributed by atoms with Gasteiger partial charge in [0.15, 0.2) is 6.61 Å². The van der Waals surface area contributed by atoms with E-state index in [0.29, 0.717) is 32.4 Å². The highest BCUT2D eigenvalue weighted by Crippen LogP contribution is 2.15. The first-order chi connectivity index (χ1) is 12.3. The van der Waals surface area contributed by atoms with Crippen LogP contribution in [-0.2, 0) is 19.7 Å². The topological polar surface area (TPSA) is 88.1 Å². The van der Waals surface area contributed by atoms with Crippen molar-refractivity contribution in [3.05, 3.63) is 29.3 Å². The van der Waals surface area contributed by atoms with Gasteiger partial charge in [0.25, 0.3) is 5.91 Å². The Morgan fingerprint density at radius 2 is 1.92 bits per heavy atom. The van der Waals surface area contributed by atoms with Gasteiger partial charge in [0.1, 0.15) is 0 Å². The second kappa shape index (κ2) is 9.14. The number of hydrogen-bond acceptors (Lipinski definition) is 5. The molecule has 0 aliphatic carbocycles. The molecule has 0 bridgehead atoms. The molecule has 1 fully saturated rings. The summed E-state index contributed by atoms with van der Waals surface area (Å²) < 4.78 is 25.5. The van der Waals surface area contributed by atoms with Gasteiger partial charge in [0.2, 0.25) is 10.0 Å².